The van der Waals surface area contributed by atoms with Gasteiger partial charge in [-0.15, -0.1) is 11.3 Å². The summed E-state index contributed by atoms with van der Waals surface area (Å²) in [4.78, 5) is 19.5. The van der Waals surface area contributed by atoms with Crippen LogP contribution < -0.4 is 4.74 Å². The third-order valence-electron chi connectivity index (χ3n) is 5.86. The predicted octanol–water partition coefficient (Wildman–Crippen LogP) is 6.13. The molecule has 0 radical (unpaired) electrons. The van der Waals surface area contributed by atoms with Crippen molar-refractivity contribution in [1.82, 2.24) is 4.98 Å². The SMILES string of the molecule is CCCC(C(=O)O)c1c(OC)nc2sc3c(c2c1-c1ccc(C)cc1)CCCC3. The van der Waals surface area contributed by atoms with Crippen molar-refractivity contribution in [3.05, 3.63) is 45.8 Å². The van der Waals surface area contributed by atoms with Gasteiger partial charge >= 0.3 is 5.97 Å². The Morgan fingerprint density at radius 1 is 1.24 bits per heavy atom. The number of methoxy groups -OCH3 is 1. The topological polar surface area (TPSA) is 59.4 Å². The number of fused-ring (bicyclic) bond motifs is 3. The highest BCUT2D eigenvalue weighted by molar-refractivity contribution is 7.19. The molecular formula is C24H27NO3S. The highest BCUT2D eigenvalue weighted by Crippen LogP contribution is 2.47. The van der Waals surface area contributed by atoms with Crippen LogP contribution in [0.2, 0.25) is 0 Å². The zero-order valence-electron chi connectivity index (χ0n) is 17.2. The standard InChI is InChI=1S/C24H27NO3S/c1-4-7-17(24(26)27)20-19(15-12-10-14(2)11-13-15)21-16-8-5-6-9-18(16)29-23(21)25-22(20)28-3/h10-13,17H,4-9H2,1-3H3,(H,26,27). The minimum Gasteiger partial charge on any atom is -0.481 e. The quantitative estimate of drug-likeness (QED) is 0.532. The first-order valence-electron chi connectivity index (χ1n) is 10.4. The normalized spacial score (nSPS) is 14.6. The third-order valence-corrected chi connectivity index (χ3v) is 7.05. The maximum absolute atomic E-state index is 12.3. The molecule has 1 aliphatic rings. The van der Waals surface area contributed by atoms with Crippen LogP contribution >= 0.6 is 11.3 Å². The van der Waals surface area contributed by atoms with Crippen LogP contribution in [-0.4, -0.2) is 23.2 Å². The molecule has 5 heteroatoms. The Morgan fingerprint density at radius 2 is 1.97 bits per heavy atom. The second kappa shape index (κ2) is 8.15. The summed E-state index contributed by atoms with van der Waals surface area (Å²) in [6.45, 7) is 4.09. The minimum absolute atomic E-state index is 0.451. The van der Waals surface area contributed by atoms with Crippen molar-refractivity contribution in [1.29, 1.82) is 0 Å². The molecule has 1 N–H and O–H groups in total. The first-order chi connectivity index (χ1) is 14.0. The van der Waals surface area contributed by atoms with E-state index in [1.807, 2.05) is 6.92 Å². The molecule has 1 aliphatic carbocycles. The number of thiophene rings is 1. The van der Waals surface area contributed by atoms with Gasteiger partial charge in [-0.25, -0.2) is 4.98 Å². The number of carboxylic acids is 1. The summed E-state index contributed by atoms with van der Waals surface area (Å²) in [6.07, 6.45) is 5.84. The molecule has 3 aromatic rings. The first kappa shape index (κ1) is 19.9. The molecular weight excluding hydrogens is 382 g/mol. The van der Waals surface area contributed by atoms with Crippen molar-refractivity contribution in [3.63, 3.8) is 0 Å². The Balaban J connectivity index is 2.12. The highest BCUT2D eigenvalue weighted by Gasteiger charge is 2.31. The zero-order chi connectivity index (χ0) is 20.5. The Bertz CT molecular complexity index is 1050. The zero-order valence-corrected chi connectivity index (χ0v) is 18.1. The van der Waals surface area contributed by atoms with E-state index < -0.39 is 11.9 Å². The molecule has 0 aliphatic heterocycles. The summed E-state index contributed by atoms with van der Waals surface area (Å²) in [6, 6.07) is 8.38. The predicted molar refractivity (Wildman–Crippen MR) is 118 cm³/mol. The highest BCUT2D eigenvalue weighted by atomic mass is 32.1. The maximum atomic E-state index is 12.3. The van der Waals surface area contributed by atoms with E-state index in [1.165, 1.54) is 28.8 Å². The molecule has 152 valence electrons. The maximum Gasteiger partial charge on any atom is 0.311 e. The number of aromatic nitrogens is 1. The number of aryl methyl sites for hydroxylation is 3. The van der Waals surface area contributed by atoms with Gasteiger partial charge in [0, 0.05) is 21.4 Å². The first-order valence-corrected chi connectivity index (χ1v) is 11.2. The molecule has 1 unspecified atom stereocenters. The van der Waals surface area contributed by atoms with E-state index in [1.54, 1.807) is 18.4 Å². The van der Waals surface area contributed by atoms with E-state index in [2.05, 4.69) is 31.2 Å². The fourth-order valence-electron chi connectivity index (χ4n) is 4.46. The van der Waals surface area contributed by atoms with Crippen LogP contribution in [0.3, 0.4) is 0 Å². The third kappa shape index (κ3) is 3.52. The lowest BCUT2D eigenvalue weighted by molar-refractivity contribution is -0.139. The molecule has 2 aromatic heterocycles. The van der Waals surface area contributed by atoms with E-state index in [4.69, 9.17) is 9.72 Å². The van der Waals surface area contributed by atoms with Gasteiger partial charge in [-0.1, -0.05) is 43.2 Å². The summed E-state index contributed by atoms with van der Waals surface area (Å²) in [5, 5.41) is 11.2. The number of ether oxygens (including phenoxy) is 1. The lowest BCUT2D eigenvalue weighted by Crippen LogP contribution is -2.15. The average Bonchev–Trinajstić information content (AvgIpc) is 3.09. The number of hydrogen-bond donors (Lipinski definition) is 1. The molecule has 4 nitrogen and oxygen atoms in total. The van der Waals surface area contributed by atoms with Crippen molar-refractivity contribution < 1.29 is 14.6 Å². The van der Waals surface area contributed by atoms with E-state index in [0.29, 0.717) is 12.3 Å². The Morgan fingerprint density at radius 3 is 2.62 bits per heavy atom. The van der Waals surface area contributed by atoms with Gasteiger partial charge in [0.1, 0.15) is 4.83 Å². The second-order valence-corrected chi connectivity index (χ2v) is 8.93. The molecule has 0 amide bonds. The van der Waals surface area contributed by atoms with E-state index >= 15 is 0 Å². The van der Waals surface area contributed by atoms with Gasteiger partial charge in [0.15, 0.2) is 0 Å². The smallest absolute Gasteiger partial charge is 0.311 e. The fraction of sp³-hybridized carbons (Fsp3) is 0.417. The van der Waals surface area contributed by atoms with Crippen LogP contribution in [0, 0.1) is 6.92 Å². The Labute approximate surface area is 175 Å². The van der Waals surface area contributed by atoms with Gasteiger partial charge < -0.3 is 9.84 Å². The van der Waals surface area contributed by atoms with Crippen LogP contribution in [0.15, 0.2) is 24.3 Å². The summed E-state index contributed by atoms with van der Waals surface area (Å²) in [5.41, 5.74) is 5.33. The van der Waals surface area contributed by atoms with Crippen molar-refractivity contribution >= 4 is 27.5 Å². The van der Waals surface area contributed by atoms with Gasteiger partial charge in [0.05, 0.1) is 13.0 Å². The summed E-state index contributed by atoms with van der Waals surface area (Å²) < 4.78 is 5.68. The molecule has 29 heavy (non-hydrogen) atoms. The average molecular weight is 410 g/mol. The lowest BCUT2D eigenvalue weighted by atomic mass is 9.84. The second-order valence-electron chi connectivity index (χ2n) is 7.85. The molecule has 0 saturated carbocycles. The molecule has 0 bridgehead atoms. The summed E-state index contributed by atoms with van der Waals surface area (Å²) in [5.74, 6) is -1.00. The van der Waals surface area contributed by atoms with E-state index in [0.717, 1.165) is 46.2 Å². The molecule has 2 heterocycles. The number of nitrogens with zero attached hydrogens (tertiary/aromatic N) is 1. The van der Waals surface area contributed by atoms with Gasteiger partial charge in [-0.05, 0) is 50.2 Å². The van der Waals surface area contributed by atoms with Gasteiger partial charge in [-0.2, -0.15) is 0 Å². The van der Waals surface area contributed by atoms with Crippen LogP contribution in [-0.2, 0) is 17.6 Å². The molecule has 0 fully saturated rings. The number of pyridine rings is 1. The largest absolute Gasteiger partial charge is 0.481 e. The molecule has 0 spiro atoms. The molecule has 4 rings (SSSR count). The van der Waals surface area contributed by atoms with Gasteiger partial charge in [0.2, 0.25) is 5.88 Å². The fourth-order valence-corrected chi connectivity index (χ4v) is 5.72. The number of rotatable bonds is 6. The van der Waals surface area contributed by atoms with Gasteiger partial charge in [-0.3, -0.25) is 4.79 Å². The summed E-state index contributed by atoms with van der Waals surface area (Å²) in [7, 11) is 1.59. The van der Waals surface area contributed by atoms with Crippen molar-refractivity contribution in [2.24, 2.45) is 0 Å². The number of aliphatic carboxylic acids is 1. The van der Waals surface area contributed by atoms with Crippen molar-refractivity contribution in [2.45, 2.75) is 58.3 Å². The van der Waals surface area contributed by atoms with E-state index in [-0.39, 0.29) is 0 Å². The lowest BCUT2D eigenvalue weighted by Gasteiger charge is -2.21. The molecule has 0 saturated heterocycles. The van der Waals surface area contributed by atoms with Crippen LogP contribution in [0.4, 0.5) is 0 Å². The molecule has 1 aromatic carbocycles. The van der Waals surface area contributed by atoms with Crippen molar-refractivity contribution in [3.8, 4) is 17.0 Å². The number of benzene rings is 1. The number of carboxylic acid groups (broad SMARTS) is 1. The van der Waals surface area contributed by atoms with Crippen LogP contribution in [0.5, 0.6) is 5.88 Å². The molecule has 1 atom stereocenters. The van der Waals surface area contributed by atoms with E-state index in [9.17, 15) is 9.90 Å². The number of carbonyl (C=O) groups is 1. The number of hydrogen-bond acceptors (Lipinski definition) is 4. The van der Waals surface area contributed by atoms with Gasteiger partial charge in [0.25, 0.3) is 0 Å². The van der Waals surface area contributed by atoms with Crippen LogP contribution in [0.25, 0.3) is 21.3 Å². The van der Waals surface area contributed by atoms with Crippen LogP contribution in [0.1, 0.15) is 60.1 Å². The van der Waals surface area contributed by atoms with Crippen molar-refractivity contribution in [2.75, 3.05) is 7.11 Å². The monoisotopic (exact) mass is 409 g/mol. The minimum atomic E-state index is -0.816. The Kier molecular flexibility index (Phi) is 5.59. The summed E-state index contributed by atoms with van der Waals surface area (Å²) >= 11 is 1.74. The Hall–Kier alpha value is -2.40.